The maximum Gasteiger partial charge on any atom is 0.0651 e. The summed E-state index contributed by atoms with van der Waals surface area (Å²) in [6.07, 6.45) is 0. The lowest BCUT2D eigenvalue weighted by Crippen LogP contribution is -2.38. The third kappa shape index (κ3) is 6.01. The zero-order valence-electron chi connectivity index (χ0n) is 19.0. The monoisotopic (exact) mass is 381 g/mol. The van der Waals surface area contributed by atoms with E-state index < -0.39 is 0 Å². The van der Waals surface area contributed by atoms with Gasteiger partial charge >= 0.3 is 0 Å². The summed E-state index contributed by atoms with van der Waals surface area (Å²) >= 11 is 0. The molecule has 1 nitrogen and oxygen atoms in total. The number of aromatic nitrogens is 1. The summed E-state index contributed by atoms with van der Waals surface area (Å²) in [5.74, 6) is 0. The largest absolute Gasteiger partial charge is 0.248 e. The summed E-state index contributed by atoms with van der Waals surface area (Å²) in [7, 11) is -0.735. The Morgan fingerprint density at radius 2 is 0.800 bits per heavy atom. The molecule has 0 aliphatic heterocycles. The summed E-state index contributed by atoms with van der Waals surface area (Å²) in [5.41, 5.74) is 4.04. The van der Waals surface area contributed by atoms with Gasteiger partial charge < -0.3 is 0 Å². The first kappa shape index (κ1) is 23.0. The molecular weight excluding hydrogens is 340 g/mol. The second kappa shape index (κ2) is 7.20. The van der Waals surface area contributed by atoms with E-state index in [1.165, 1.54) is 16.4 Å². The molecule has 0 unspecified atom stereocenters. The molecule has 0 aliphatic rings. The number of aryl methyl sites for hydroxylation is 1. The van der Waals surface area contributed by atoms with Crippen molar-refractivity contribution >= 4 is 26.7 Å². The van der Waals surface area contributed by atoms with E-state index in [4.69, 9.17) is 4.98 Å². The van der Waals surface area contributed by atoms with E-state index in [1.54, 1.807) is 0 Å². The topological polar surface area (TPSA) is 12.9 Å². The minimum Gasteiger partial charge on any atom is -0.248 e. The van der Waals surface area contributed by atoms with E-state index in [1.807, 2.05) is 0 Å². The van der Waals surface area contributed by atoms with E-state index in [0.717, 1.165) is 0 Å². The summed E-state index contributed by atoms with van der Waals surface area (Å²) < 4.78 is 0. The average Bonchev–Trinajstić information content (AvgIpc) is 2.17. The first-order chi connectivity index (χ1) is 10.8. The lowest BCUT2D eigenvalue weighted by Gasteiger charge is -2.43. The Kier molecular flexibility index (Phi) is 6.64. The van der Waals surface area contributed by atoms with Gasteiger partial charge in [-0.1, -0.05) is 83.1 Å². The Balaban J connectivity index is 3.64. The Hall–Kier alpha value is 0.01000. The highest BCUT2D eigenvalue weighted by Crippen LogP contribution is 2.60. The van der Waals surface area contributed by atoms with Gasteiger partial charge in [0.25, 0.3) is 0 Å². The molecule has 0 saturated carbocycles. The van der Waals surface area contributed by atoms with E-state index in [-0.39, 0.29) is 36.5 Å². The lowest BCUT2D eigenvalue weighted by atomic mass is 10.2. The van der Waals surface area contributed by atoms with Crippen molar-refractivity contribution in [3.8, 4) is 0 Å². The fraction of sp³-hybridized carbons (Fsp3) is 0.773. The van der Waals surface area contributed by atoms with Crippen LogP contribution in [0.15, 0.2) is 12.1 Å². The molecule has 0 radical (unpaired) electrons. The molecule has 0 saturated heterocycles. The summed E-state index contributed by atoms with van der Waals surface area (Å²) in [5, 5.41) is 0.992. The van der Waals surface area contributed by atoms with Crippen molar-refractivity contribution in [3.05, 3.63) is 17.7 Å². The Labute approximate surface area is 160 Å². The van der Waals surface area contributed by atoms with Crippen molar-refractivity contribution in [1.82, 2.24) is 4.98 Å². The number of nitrogens with zero attached hydrogens (tertiary/aromatic N) is 1. The van der Waals surface area contributed by atoms with Crippen LogP contribution in [0.25, 0.3) is 0 Å². The number of rotatable bonds is 2. The minimum atomic E-state index is -0.367. The summed E-state index contributed by atoms with van der Waals surface area (Å²) in [6.45, 7) is 30.8. The third-order valence-corrected chi connectivity index (χ3v) is 10.8. The van der Waals surface area contributed by atoms with Gasteiger partial charge in [0.15, 0.2) is 0 Å². The van der Waals surface area contributed by atoms with E-state index in [0.29, 0.717) is 0 Å². The third-order valence-electron chi connectivity index (χ3n) is 4.08. The zero-order valence-corrected chi connectivity index (χ0v) is 20.8. The van der Waals surface area contributed by atoms with E-state index in [9.17, 15) is 0 Å². The Morgan fingerprint density at radius 1 is 0.560 bits per heavy atom. The van der Waals surface area contributed by atoms with Crippen LogP contribution in [0.5, 0.6) is 0 Å². The Morgan fingerprint density at radius 3 is 1.00 bits per heavy atom. The van der Waals surface area contributed by atoms with Crippen LogP contribution >= 0.6 is 15.8 Å². The highest BCUT2D eigenvalue weighted by atomic mass is 31.1. The molecule has 1 heterocycles. The van der Waals surface area contributed by atoms with Crippen molar-refractivity contribution in [2.24, 2.45) is 0 Å². The Bertz CT molecular complexity index is 514. The van der Waals surface area contributed by atoms with Crippen LogP contribution in [-0.4, -0.2) is 25.6 Å². The van der Waals surface area contributed by atoms with Gasteiger partial charge in [-0.3, -0.25) is 0 Å². The van der Waals surface area contributed by atoms with Crippen LogP contribution in [0.1, 0.15) is 88.6 Å². The quantitative estimate of drug-likeness (QED) is 0.513. The number of pyridine rings is 1. The molecule has 1 rings (SSSR count). The van der Waals surface area contributed by atoms with Gasteiger partial charge in [-0.05, 0) is 61.1 Å². The minimum absolute atomic E-state index is 0.248. The average molecular weight is 382 g/mol. The van der Waals surface area contributed by atoms with Gasteiger partial charge in [-0.25, -0.2) is 4.98 Å². The van der Waals surface area contributed by atoms with Gasteiger partial charge in [0.1, 0.15) is 0 Å². The molecule has 0 N–H and O–H groups in total. The fourth-order valence-corrected chi connectivity index (χ4v) is 12.2. The van der Waals surface area contributed by atoms with E-state index >= 15 is 0 Å². The standard InChI is InChI=1S/C22H41NP2/c1-16-14-17(24(19(2,3)4)20(5,6)7)23-18(15-16)25(21(8,9)10)22(11,12)13/h14-15H,1-13H3. The van der Waals surface area contributed by atoms with Crippen molar-refractivity contribution in [2.75, 3.05) is 0 Å². The first-order valence-electron chi connectivity index (χ1n) is 9.44. The van der Waals surface area contributed by atoms with Gasteiger partial charge in [-0.15, -0.1) is 0 Å². The highest BCUT2D eigenvalue weighted by molar-refractivity contribution is 7.69. The predicted molar refractivity (Wildman–Crippen MR) is 121 cm³/mol. The van der Waals surface area contributed by atoms with Crippen molar-refractivity contribution < 1.29 is 0 Å². The zero-order chi connectivity index (χ0) is 20.0. The molecule has 0 fully saturated rings. The molecule has 0 bridgehead atoms. The molecule has 144 valence electrons. The smallest absolute Gasteiger partial charge is 0.0651 e. The maximum absolute atomic E-state index is 5.36. The van der Waals surface area contributed by atoms with Crippen molar-refractivity contribution in [2.45, 2.75) is 111 Å². The van der Waals surface area contributed by atoms with Crippen LogP contribution in [0.3, 0.4) is 0 Å². The van der Waals surface area contributed by atoms with Crippen LogP contribution < -0.4 is 10.9 Å². The summed E-state index contributed by atoms with van der Waals surface area (Å²) in [4.78, 5) is 5.36. The van der Waals surface area contributed by atoms with Crippen LogP contribution in [0, 0.1) is 6.92 Å². The molecule has 0 atom stereocenters. The molecule has 1 aromatic heterocycles. The second-order valence-corrected chi connectivity index (χ2v) is 18.8. The normalized spacial score (nSPS) is 14.5. The van der Waals surface area contributed by atoms with E-state index in [2.05, 4.69) is 102 Å². The molecular formula is C22H41NP2. The highest BCUT2D eigenvalue weighted by Gasteiger charge is 2.40. The first-order valence-corrected chi connectivity index (χ1v) is 12.1. The number of hydrogen-bond donors (Lipinski definition) is 0. The molecule has 1 aromatic rings. The van der Waals surface area contributed by atoms with Crippen molar-refractivity contribution in [1.29, 1.82) is 0 Å². The molecule has 0 aliphatic carbocycles. The van der Waals surface area contributed by atoms with Crippen LogP contribution in [-0.2, 0) is 0 Å². The summed E-state index contributed by atoms with van der Waals surface area (Å²) in [6, 6.07) is 4.70. The van der Waals surface area contributed by atoms with Gasteiger partial charge in [0.05, 0.1) is 10.9 Å². The second-order valence-electron chi connectivity index (χ2n) is 11.2. The number of hydrogen-bond acceptors (Lipinski definition) is 1. The van der Waals surface area contributed by atoms with Crippen molar-refractivity contribution in [3.63, 3.8) is 0 Å². The molecule has 0 spiro atoms. The van der Waals surface area contributed by atoms with Gasteiger partial charge in [0, 0.05) is 0 Å². The predicted octanol–water partition coefficient (Wildman–Crippen LogP) is 6.80. The fourth-order valence-electron chi connectivity index (χ4n) is 4.25. The molecule has 0 aromatic carbocycles. The molecule has 3 heteroatoms. The van der Waals surface area contributed by atoms with Gasteiger partial charge in [-0.2, -0.15) is 0 Å². The molecule has 25 heavy (non-hydrogen) atoms. The molecule has 0 amide bonds. The van der Waals surface area contributed by atoms with Crippen LogP contribution in [0.2, 0.25) is 0 Å². The van der Waals surface area contributed by atoms with Crippen LogP contribution in [0.4, 0.5) is 0 Å². The van der Waals surface area contributed by atoms with Gasteiger partial charge in [0.2, 0.25) is 0 Å². The SMILES string of the molecule is Cc1cc(P(C(C)(C)C)C(C)(C)C)nc(P(C(C)(C)C)C(C)(C)C)c1. The maximum atomic E-state index is 5.36. The lowest BCUT2D eigenvalue weighted by molar-refractivity contribution is 0.712.